The van der Waals surface area contributed by atoms with Gasteiger partial charge in [-0.3, -0.25) is 28.9 Å². The van der Waals surface area contributed by atoms with Crippen molar-refractivity contribution in [3.8, 4) is 0 Å². The summed E-state index contributed by atoms with van der Waals surface area (Å²) in [5.74, 6) is -2.37. The van der Waals surface area contributed by atoms with Crippen LogP contribution in [-0.4, -0.2) is 98.6 Å². The van der Waals surface area contributed by atoms with E-state index in [2.05, 4.69) is 25.7 Å². The van der Waals surface area contributed by atoms with Crippen molar-refractivity contribution in [2.45, 2.75) is 226 Å². The molecular formula is C50H91NO11. The Labute approximate surface area is 377 Å². The topological polar surface area (TPSA) is 155 Å². The fraction of sp³-hybridized carbons (Fsp3) is 0.900. The van der Waals surface area contributed by atoms with Gasteiger partial charge in [0.2, 0.25) is 0 Å². The van der Waals surface area contributed by atoms with Crippen molar-refractivity contribution in [3.63, 3.8) is 0 Å². The van der Waals surface area contributed by atoms with Crippen LogP contribution >= 0.6 is 0 Å². The number of aliphatic hydroxyl groups excluding tert-OH is 1. The lowest BCUT2D eigenvalue weighted by atomic mass is 9.91. The summed E-state index contributed by atoms with van der Waals surface area (Å²) in [6.07, 6.45) is 28.0. The van der Waals surface area contributed by atoms with Crippen molar-refractivity contribution in [1.29, 1.82) is 0 Å². The second-order valence-electron chi connectivity index (χ2n) is 17.7. The van der Waals surface area contributed by atoms with Crippen LogP contribution < -0.4 is 0 Å². The van der Waals surface area contributed by atoms with Crippen molar-refractivity contribution in [2.75, 3.05) is 52.7 Å². The maximum absolute atomic E-state index is 12.9. The van der Waals surface area contributed by atoms with Gasteiger partial charge < -0.3 is 28.8 Å². The number of hydrogen-bond acceptors (Lipinski definition) is 12. The van der Waals surface area contributed by atoms with Gasteiger partial charge in [0.1, 0.15) is 19.8 Å². The van der Waals surface area contributed by atoms with Gasteiger partial charge in [0.25, 0.3) is 0 Å². The van der Waals surface area contributed by atoms with E-state index in [0.717, 1.165) is 109 Å². The summed E-state index contributed by atoms with van der Waals surface area (Å²) in [6, 6.07) is 0.529. The number of aliphatic hydroxyl groups is 1. The lowest BCUT2D eigenvalue weighted by molar-refractivity contribution is -0.155. The first-order chi connectivity index (χ1) is 30.2. The van der Waals surface area contributed by atoms with E-state index in [1.807, 2.05) is 0 Å². The Morgan fingerprint density at radius 3 is 1.10 bits per heavy atom. The zero-order valence-corrected chi connectivity index (χ0v) is 39.8. The van der Waals surface area contributed by atoms with Gasteiger partial charge >= 0.3 is 29.8 Å². The molecule has 12 nitrogen and oxygen atoms in total. The van der Waals surface area contributed by atoms with Crippen LogP contribution in [0.3, 0.4) is 0 Å². The van der Waals surface area contributed by atoms with Crippen molar-refractivity contribution >= 4 is 29.8 Å². The van der Waals surface area contributed by atoms with E-state index in [-0.39, 0.29) is 82.3 Å². The summed E-state index contributed by atoms with van der Waals surface area (Å²) < 4.78 is 28.0. The van der Waals surface area contributed by atoms with E-state index in [9.17, 15) is 29.1 Å². The molecule has 1 atom stereocenters. The van der Waals surface area contributed by atoms with Gasteiger partial charge in [0.05, 0.1) is 25.7 Å². The van der Waals surface area contributed by atoms with Crippen molar-refractivity contribution < 1.29 is 52.8 Å². The minimum Gasteiger partial charge on any atom is -0.465 e. The van der Waals surface area contributed by atoms with Crippen LogP contribution in [-0.2, 0) is 47.7 Å². The zero-order chi connectivity index (χ0) is 45.3. The molecule has 362 valence electrons. The van der Waals surface area contributed by atoms with E-state index >= 15 is 0 Å². The lowest BCUT2D eigenvalue weighted by Crippen LogP contribution is -2.42. The minimum absolute atomic E-state index is 0.0235. The smallest absolute Gasteiger partial charge is 0.305 e. The number of carbonyl (C=O) groups excluding carboxylic acids is 5. The van der Waals surface area contributed by atoms with Crippen molar-refractivity contribution in [2.24, 2.45) is 11.8 Å². The summed E-state index contributed by atoms with van der Waals surface area (Å²) in [6.45, 7) is 8.24. The zero-order valence-electron chi connectivity index (χ0n) is 39.8. The molecule has 1 fully saturated rings. The van der Waals surface area contributed by atoms with Crippen LogP contribution in [0.2, 0.25) is 0 Å². The maximum Gasteiger partial charge on any atom is 0.305 e. The van der Waals surface area contributed by atoms with E-state index in [1.165, 1.54) is 44.9 Å². The molecule has 0 amide bonds. The third kappa shape index (κ3) is 33.8. The van der Waals surface area contributed by atoms with Crippen molar-refractivity contribution in [3.05, 3.63) is 0 Å². The standard InChI is InChI=1S/C50H91NO11/c1-4-7-10-13-14-15-16-19-22-32-48(55)60-40-44(41-61-49(56)33-23-24-35-51(36-37-52)45-28-26-29-45)42-62-50(57)34-25-27-43(38-58-46(53)30-20-17-11-8-5-2)39-59-47(54)31-21-18-12-9-6-3/h43-45,52H,4-42H2,1-3H3. The molecule has 62 heavy (non-hydrogen) atoms. The van der Waals surface area contributed by atoms with Crippen LogP contribution in [0, 0.1) is 11.8 Å². The Hall–Kier alpha value is -2.73. The lowest BCUT2D eigenvalue weighted by Gasteiger charge is -2.37. The first-order valence-electron chi connectivity index (χ1n) is 25.3. The molecule has 1 unspecified atom stereocenters. The molecule has 0 aromatic heterocycles. The summed E-state index contributed by atoms with van der Waals surface area (Å²) in [5, 5.41) is 9.44. The Morgan fingerprint density at radius 1 is 0.435 bits per heavy atom. The molecule has 1 rings (SSSR count). The fourth-order valence-electron chi connectivity index (χ4n) is 7.58. The molecule has 0 radical (unpaired) electrons. The van der Waals surface area contributed by atoms with E-state index < -0.39 is 11.9 Å². The first kappa shape index (κ1) is 57.3. The quantitative estimate of drug-likeness (QED) is 0.0352. The Balaban J connectivity index is 2.64. The minimum atomic E-state index is -0.510. The molecular weight excluding hydrogens is 791 g/mol. The Morgan fingerprint density at radius 2 is 0.758 bits per heavy atom. The van der Waals surface area contributed by atoms with E-state index in [1.54, 1.807) is 0 Å². The van der Waals surface area contributed by atoms with Gasteiger partial charge in [0, 0.05) is 50.6 Å². The molecule has 1 N–H and O–H groups in total. The highest BCUT2D eigenvalue weighted by atomic mass is 16.6. The highest BCUT2D eigenvalue weighted by Crippen LogP contribution is 2.25. The van der Waals surface area contributed by atoms with Crippen LogP contribution in [0.1, 0.15) is 220 Å². The molecule has 1 aliphatic rings. The fourth-order valence-corrected chi connectivity index (χ4v) is 7.58. The molecule has 0 bridgehead atoms. The second kappa shape index (κ2) is 41.0. The summed E-state index contributed by atoms with van der Waals surface area (Å²) in [7, 11) is 0. The van der Waals surface area contributed by atoms with Crippen LogP contribution in [0.5, 0.6) is 0 Å². The largest absolute Gasteiger partial charge is 0.465 e. The molecule has 1 aliphatic carbocycles. The van der Waals surface area contributed by atoms with Gasteiger partial charge in [0.15, 0.2) is 0 Å². The number of carbonyl (C=O) groups is 5. The molecule has 0 aromatic rings. The van der Waals surface area contributed by atoms with Gasteiger partial charge in [-0.2, -0.15) is 0 Å². The molecule has 0 aliphatic heterocycles. The number of esters is 5. The van der Waals surface area contributed by atoms with Crippen molar-refractivity contribution in [1.82, 2.24) is 4.90 Å². The third-order valence-electron chi connectivity index (χ3n) is 11.9. The average molecular weight is 882 g/mol. The van der Waals surface area contributed by atoms with Gasteiger partial charge in [-0.25, -0.2) is 0 Å². The van der Waals surface area contributed by atoms with Gasteiger partial charge in [-0.05, 0) is 64.3 Å². The van der Waals surface area contributed by atoms with E-state index in [0.29, 0.717) is 51.1 Å². The molecule has 0 spiro atoms. The molecule has 1 saturated carbocycles. The number of ether oxygens (including phenoxy) is 5. The summed E-state index contributed by atoms with van der Waals surface area (Å²) >= 11 is 0. The number of hydrogen-bond donors (Lipinski definition) is 1. The predicted octanol–water partition coefficient (Wildman–Crippen LogP) is 10.8. The highest BCUT2D eigenvalue weighted by Gasteiger charge is 2.24. The SMILES string of the molecule is CCCCCCCCCCCC(=O)OCC(COC(=O)CCCCN(CCO)C1CCC1)COC(=O)CCCC(COC(=O)CCCCCCC)COC(=O)CCCCCCC. The molecule has 0 saturated heterocycles. The van der Waals surface area contributed by atoms with Gasteiger partial charge in [-0.15, -0.1) is 0 Å². The highest BCUT2D eigenvalue weighted by molar-refractivity contribution is 5.71. The van der Waals surface area contributed by atoms with Crippen LogP contribution in [0.25, 0.3) is 0 Å². The average Bonchev–Trinajstić information content (AvgIpc) is 3.24. The normalized spacial score (nSPS) is 13.2. The molecule has 12 heteroatoms. The molecule has 0 heterocycles. The number of nitrogens with zero attached hydrogens (tertiary/aromatic N) is 1. The number of rotatable bonds is 44. The Kier molecular flexibility index (Phi) is 37.9. The Bertz CT molecular complexity index is 1100. The first-order valence-corrected chi connectivity index (χ1v) is 25.3. The number of unbranched alkanes of at least 4 members (excludes halogenated alkanes) is 17. The summed E-state index contributed by atoms with van der Waals surface area (Å²) in [5.41, 5.74) is 0. The van der Waals surface area contributed by atoms with Crippen LogP contribution in [0.4, 0.5) is 0 Å². The monoisotopic (exact) mass is 882 g/mol. The summed E-state index contributed by atoms with van der Waals surface area (Å²) in [4.78, 5) is 65.5. The van der Waals surface area contributed by atoms with E-state index in [4.69, 9.17) is 23.7 Å². The van der Waals surface area contributed by atoms with Crippen LogP contribution in [0.15, 0.2) is 0 Å². The third-order valence-corrected chi connectivity index (χ3v) is 11.9. The predicted molar refractivity (Wildman–Crippen MR) is 244 cm³/mol. The molecule has 0 aromatic carbocycles. The maximum atomic E-state index is 12.9. The second-order valence-corrected chi connectivity index (χ2v) is 17.7. The van der Waals surface area contributed by atoms with Gasteiger partial charge in [-0.1, -0.05) is 130 Å².